The van der Waals surface area contributed by atoms with E-state index >= 15 is 0 Å². The second kappa shape index (κ2) is 9.96. The van der Waals surface area contributed by atoms with E-state index in [0.29, 0.717) is 33.7 Å². The molecule has 2 heterocycles. The summed E-state index contributed by atoms with van der Waals surface area (Å²) in [5.74, 6) is 0.0601. The highest BCUT2D eigenvalue weighted by atomic mass is 32.2. The van der Waals surface area contributed by atoms with Crippen molar-refractivity contribution in [3.63, 3.8) is 0 Å². The van der Waals surface area contributed by atoms with Crippen molar-refractivity contribution < 1.29 is 28.9 Å². The first-order valence-corrected chi connectivity index (χ1v) is 10.3. The van der Waals surface area contributed by atoms with Crippen LogP contribution >= 0.6 is 11.8 Å². The van der Waals surface area contributed by atoms with Crippen LogP contribution in [0.4, 0.5) is 0 Å². The third-order valence-electron chi connectivity index (χ3n) is 4.69. The summed E-state index contributed by atoms with van der Waals surface area (Å²) in [7, 11) is 2.93. The summed E-state index contributed by atoms with van der Waals surface area (Å²) < 4.78 is 15.9. The van der Waals surface area contributed by atoms with Crippen LogP contribution < -0.4 is 14.2 Å². The highest BCUT2D eigenvalue weighted by Gasteiger charge is 2.28. The lowest BCUT2D eigenvalue weighted by Gasteiger charge is -2.34. The van der Waals surface area contributed by atoms with Crippen molar-refractivity contribution in [2.45, 2.75) is 6.92 Å². The Morgan fingerprint density at radius 3 is 2.37 bits per heavy atom. The number of aliphatic imine (C=N–C) groups is 1. The average Bonchev–Trinajstić information content (AvgIpc) is 3.09. The van der Waals surface area contributed by atoms with Gasteiger partial charge in [-0.1, -0.05) is 0 Å². The number of aliphatic hydroxyl groups excluding tert-OH is 1. The van der Waals surface area contributed by atoms with Gasteiger partial charge in [-0.25, -0.2) is 0 Å². The van der Waals surface area contributed by atoms with E-state index in [9.17, 15) is 9.59 Å². The Hall–Kier alpha value is -2.56. The number of β-amino-alcohol motifs (C(OH)–C–C–N with tert-alkyl or cyclic N) is 1. The smallest absolute Gasteiger partial charge is 0.308 e. The van der Waals surface area contributed by atoms with Crippen molar-refractivity contribution in [2.75, 3.05) is 53.6 Å². The fourth-order valence-electron chi connectivity index (χ4n) is 3.22. The molecule has 2 aliphatic rings. The first kappa shape index (κ1) is 22.1. The molecule has 1 N–H and O–H groups in total. The van der Waals surface area contributed by atoms with Crippen LogP contribution in [0.15, 0.2) is 22.0 Å². The monoisotopic (exact) mass is 435 g/mol. The Balaban J connectivity index is 1.76. The van der Waals surface area contributed by atoms with Gasteiger partial charge in [0.2, 0.25) is 5.75 Å². The SMILES string of the molecule is COc1cc(/C=C2/SC(N3CCN(CCO)CC3)=NC2=O)cc(OC)c1OC(C)=O. The second-order valence-electron chi connectivity index (χ2n) is 6.71. The molecule has 0 saturated carbocycles. The van der Waals surface area contributed by atoms with Gasteiger partial charge in [-0.2, -0.15) is 4.99 Å². The predicted molar refractivity (Wildman–Crippen MR) is 114 cm³/mol. The molecule has 3 rings (SSSR count). The average molecular weight is 436 g/mol. The number of thioether (sulfide) groups is 1. The summed E-state index contributed by atoms with van der Waals surface area (Å²) in [6.45, 7) is 5.24. The molecule has 9 nitrogen and oxygen atoms in total. The topological polar surface area (TPSA) is 101 Å². The molecule has 0 unspecified atom stereocenters. The number of carbonyl (C=O) groups is 2. The van der Waals surface area contributed by atoms with Crippen molar-refractivity contribution >= 4 is 34.9 Å². The van der Waals surface area contributed by atoms with Crippen molar-refractivity contribution in [1.29, 1.82) is 0 Å². The molecule has 0 radical (unpaired) electrons. The number of methoxy groups -OCH3 is 2. The normalized spacial score (nSPS) is 18.5. The zero-order valence-corrected chi connectivity index (χ0v) is 18.0. The molecule has 0 aromatic heterocycles. The van der Waals surface area contributed by atoms with Crippen LogP contribution in [0.3, 0.4) is 0 Å². The first-order valence-electron chi connectivity index (χ1n) is 9.50. The first-order chi connectivity index (χ1) is 14.4. The highest BCUT2D eigenvalue weighted by Crippen LogP contribution is 2.40. The number of hydrogen-bond donors (Lipinski definition) is 1. The molecule has 0 aliphatic carbocycles. The van der Waals surface area contributed by atoms with Crippen molar-refractivity contribution in [3.8, 4) is 17.2 Å². The quantitative estimate of drug-likeness (QED) is 0.401. The van der Waals surface area contributed by atoms with Crippen LogP contribution in [0.25, 0.3) is 6.08 Å². The second-order valence-corrected chi connectivity index (χ2v) is 7.72. The van der Waals surface area contributed by atoms with E-state index in [1.807, 2.05) is 0 Å². The zero-order chi connectivity index (χ0) is 21.7. The van der Waals surface area contributed by atoms with Gasteiger partial charge < -0.3 is 24.2 Å². The fraction of sp³-hybridized carbons (Fsp3) is 0.450. The van der Waals surface area contributed by atoms with Gasteiger partial charge in [0.25, 0.3) is 5.91 Å². The fourth-order valence-corrected chi connectivity index (χ4v) is 4.18. The van der Waals surface area contributed by atoms with Gasteiger partial charge in [-0.05, 0) is 35.5 Å². The van der Waals surface area contributed by atoms with Gasteiger partial charge in [-0.15, -0.1) is 0 Å². The lowest BCUT2D eigenvalue weighted by Crippen LogP contribution is -2.48. The number of benzene rings is 1. The maximum Gasteiger partial charge on any atom is 0.308 e. The summed E-state index contributed by atoms with van der Waals surface area (Å²) in [5, 5.41) is 9.75. The number of carbonyl (C=O) groups excluding carboxylic acids is 2. The molecule has 1 saturated heterocycles. The molecule has 1 aromatic carbocycles. The molecule has 1 amide bonds. The van der Waals surface area contributed by atoms with Gasteiger partial charge in [0, 0.05) is 39.6 Å². The Bertz CT molecular complexity index is 852. The minimum absolute atomic E-state index is 0.143. The van der Waals surface area contributed by atoms with Gasteiger partial charge in [0.05, 0.1) is 25.7 Å². The molecule has 1 aromatic rings. The molecule has 30 heavy (non-hydrogen) atoms. The van der Waals surface area contributed by atoms with Crippen molar-refractivity contribution in [1.82, 2.24) is 9.80 Å². The summed E-state index contributed by atoms with van der Waals surface area (Å²) in [6, 6.07) is 3.35. The number of aliphatic hydroxyl groups is 1. The van der Waals surface area contributed by atoms with Crippen LogP contribution in [0.2, 0.25) is 0 Å². The number of rotatable bonds is 6. The van der Waals surface area contributed by atoms with E-state index in [4.69, 9.17) is 19.3 Å². The summed E-state index contributed by atoms with van der Waals surface area (Å²) >= 11 is 1.33. The van der Waals surface area contributed by atoms with Gasteiger partial charge in [0.15, 0.2) is 16.7 Å². The number of esters is 1. The molecule has 0 atom stereocenters. The van der Waals surface area contributed by atoms with E-state index in [1.165, 1.54) is 32.9 Å². The molecule has 2 aliphatic heterocycles. The molecular weight excluding hydrogens is 410 g/mol. The molecule has 0 spiro atoms. The number of hydrogen-bond acceptors (Lipinski definition) is 9. The molecule has 1 fully saturated rings. The van der Waals surface area contributed by atoms with Gasteiger partial charge >= 0.3 is 5.97 Å². The van der Waals surface area contributed by atoms with E-state index in [0.717, 1.165) is 26.2 Å². The maximum absolute atomic E-state index is 12.4. The van der Waals surface area contributed by atoms with Crippen LogP contribution in [0.5, 0.6) is 17.2 Å². The molecule has 162 valence electrons. The van der Waals surface area contributed by atoms with E-state index in [2.05, 4.69) is 14.8 Å². The molecule has 10 heteroatoms. The lowest BCUT2D eigenvalue weighted by atomic mass is 10.1. The lowest BCUT2D eigenvalue weighted by molar-refractivity contribution is -0.132. The Morgan fingerprint density at radius 2 is 1.83 bits per heavy atom. The van der Waals surface area contributed by atoms with Crippen molar-refractivity contribution in [2.24, 2.45) is 4.99 Å². The summed E-state index contributed by atoms with van der Waals surface area (Å²) in [6.07, 6.45) is 1.72. The maximum atomic E-state index is 12.4. The van der Waals surface area contributed by atoms with E-state index < -0.39 is 5.97 Å². The number of amides is 1. The van der Waals surface area contributed by atoms with Crippen LogP contribution in [-0.4, -0.2) is 85.5 Å². The summed E-state index contributed by atoms with van der Waals surface area (Å²) in [5.41, 5.74) is 0.666. The largest absolute Gasteiger partial charge is 0.493 e. The number of ether oxygens (including phenoxy) is 3. The number of nitrogens with zero attached hydrogens (tertiary/aromatic N) is 3. The van der Waals surface area contributed by atoms with Gasteiger partial charge in [0.1, 0.15) is 0 Å². The predicted octanol–water partition coefficient (Wildman–Crippen LogP) is 1.21. The van der Waals surface area contributed by atoms with Crippen molar-refractivity contribution in [3.05, 3.63) is 22.6 Å². The van der Waals surface area contributed by atoms with Gasteiger partial charge in [-0.3, -0.25) is 14.5 Å². The highest BCUT2D eigenvalue weighted by molar-refractivity contribution is 8.18. The molecule has 0 bridgehead atoms. The zero-order valence-electron chi connectivity index (χ0n) is 17.2. The number of piperazine rings is 1. The van der Waals surface area contributed by atoms with Crippen LogP contribution in [0, 0.1) is 0 Å². The minimum atomic E-state index is -0.489. The summed E-state index contributed by atoms with van der Waals surface area (Å²) in [4.78, 5) is 32.8. The van der Waals surface area contributed by atoms with E-state index in [-0.39, 0.29) is 18.3 Å². The minimum Gasteiger partial charge on any atom is -0.493 e. The standard InChI is InChI=1S/C20H25N3O6S/c1-13(25)29-18-15(27-2)10-14(11-16(18)28-3)12-17-19(26)21-20(30-17)23-6-4-22(5-7-23)8-9-24/h10-12,24H,4-9H2,1-3H3/b17-12+. The Kier molecular flexibility index (Phi) is 7.35. The van der Waals surface area contributed by atoms with Crippen LogP contribution in [0.1, 0.15) is 12.5 Å². The molecular formula is C20H25N3O6S. The third kappa shape index (κ3) is 5.13. The third-order valence-corrected chi connectivity index (χ3v) is 5.74. The Morgan fingerprint density at radius 1 is 1.20 bits per heavy atom. The Labute approximate surface area is 179 Å². The number of amidine groups is 1. The van der Waals surface area contributed by atoms with E-state index in [1.54, 1.807) is 18.2 Å². The van der Waals surface area contributed by atoms with Crippen LogP contribution in [-0.2, 0) is 9.59 Å².